The van der Waals surface area contributed by atoms with Crippen LogP contribution < -0.4 is 10.1 Å². The van der Waals surface area contributed by atoms with Crippen molar-refractivity contribution in [2.45, 2.75) is 25.3 Å². The fourth-order valence-corrected chi connectivity index (χ4v) is 3.90. The second kappa shape index (κ2) is 9.09. The minimum atomic E-state index is 0. The van der Waals surface area contributed by atoms with E-state index in [1.54, 1.807) is 7.11 Å². The van der Waals surface area contributed by atoms with E-state index in [0.29, 0.717) is 6.04 Å². The predicted molar refractivity (Wildman–Crippen MR) is 110 cm³/mol. The van der Waals surface area contributed by atoms with Gasteiger partial charge in [0.1, 0.15) is 5.75 Å². The third-order valence-electron chi connectivity index (χ3n) is 5.34. The fraction of sp³-hybridized carbons (Fsp3) is 0.500. The number of rotatable bonds is 5. The zero-order valence-corrected chi connectivity index (χ0v) is 16.4. The zero-order valence-electron chi connectivity index (χ0n) is 14.7. The van der Waals surface area contributed by atoms with Gasteiger partial charge < -0.3 is 10.1 Å². The molecule has 1 atom stereocenters. The average molecular weight is 383 g/mol. The van der Waals surface area contributed by atoms with Crippen LogP contribution in [0.4, 0.5) is 0 Å². The Bertz CT molecular complexity index is 684. The molecule has 2 aromatic rings. The SMILES string of the molecule is COc1ccc([C@@H](CC2CC2)N2CCNCC2)c2ccccc12.Cl.Cl. The molecule has 3 nitrogen and oxygen atoms in total. The Morgan fingerprint density at radius 2 is 1.72 bits per heavy atom. The van der Waals surface area contributed by atoms with Gasteiger partial charge in [-0.05, 0) is 29.4 Å². The Morgan fingerprint density at radius 1 is 1.04 bits per heavy atom. The molecule has 0 spiro atoms. The average Bonchev–Trinajstić information content (AvgIpc) is 3.44. The second-order valence-electron chi connectivity index (χ2n) is 6.88. The summed E-state index contributed by atoms with van der Waals surface area (Å²) in [5, 5.41) is 6.08. The molecule has 0 radical (unpaired) electrons. The summed E-state index contributed by atoms with van der Waals surface area (Å²) in [6.45, 7) is 4.51. The van der Waals surface area contributed by atoms with Crippen molar-refractivity contribution in [3.8, 4) is 5.75 Å². The van der Waals surface area contributed by atoms with Crippen LogP contribution in [0.15, 0.2) is 36.4 Å². The number of nitrogens with one attached hydrogen (secondary N) is 1. The van der Waals surface area contributed by atoms with E-state index < -0.39 is 0 Å². The van der Waals surface area contributed by atoms with Crippen LogP contribution in [0.1, 0.15) is 30.9 Å². The van der Waals surface area contributed by atoms with Crippen LogP contribution in [0.3, 0.4) is 0 Å². The van der Waals surface area contributed by atoms with Gasteiger partial charge in [0.15, 0.2) is 0 Å². The van der Waals surface area contributed by atoms with Crippen LogP contribution >= 0.6 is 24.8 Å². The molecule has 2 aromatic carbocycles. The van der Waals surface area contributed by atoms with Crippen LogP contribution in [0.25, 0.3) is 10.8 Å². The molecule has 1 N–H and O–H groups in total. The lowest BCUT2D eigenvalue weighted by Crippen LogP contribution is -2.45. The van der Waals surface area contributed by atoms with Gasteiger partial charge in [0.05, 0.1) is 7.11 Å². The zero-order chi connectivity index (χ0) is 15.6. The maximum Gasteiger partial charge on any atom is 0.126 e. The lowest BCUT2D eigenvalue weighted by Gasteiger charge is -2.36. The normalized spacial score (nSPS) is 18.9. The summed E-state index contributed by atoms with van der Waals surface area (Å²) in [7, 11) is 1.76. The van der Waals surface area contributed by atoms with Gasteiger partial charge in [-0.2, -0.15) is 0 Å². The molecule has 2 fully saturated rings. The van der Waals surface area contributed by atoms with E-state index in [2.05, 4.69) is 46.6 Å². The first kappa shape index (κ1) is 20.3. The Labute approximate surface area is 162 Å². The largest absolute Gasteiger partial charge is 0.496 e. The number of piperazine rings is 1. The van der Waals surface area contributed by atoms with Crippen molar-refractivity contribution in [3.63, 3.8) is 0 Å². The van der Waals surface area contributed by atoms with Crippen LogP contribution in [-0.2, 0) is 0 Å². The molecule has 1 aliphatic carbocycles. The first-order valence-electron chi connectivity index (χ1n) is 8.87. The molecule has 25 heavy (non-hydrogen) atoms. The summed E-state index contributed by atoms with van der Waals surface area (Å²) < 4.78 is 5.58. The van der Waals surface area contributed by atoms with Gasteiger partial charge in [-0.1, -0.05) is 43.2 Å². The van der Waals surface area contributed by atoms with Crippen molar-refractivity contribution in [1.82, 2.24) is 10.2 Å². The van der Waals surface area contributed by atoms with Gasteiger partial charge in [-0.3, -0.25) is 4.90 Å². The lowest BCUT2D eigenvalue weighted by atomic mass is 9.93. The van der Waals surface area contributed by atoms with Crippen molar-refractivity contribution in [3.05, 3.63) is 42.0 Å². The van der Waals surface area contributed by atoms with E-state index in [1.807, 2.05) is 0 Å². The van der Waals surface area contributed by atoms with Crippen LogP contribution in [0.5, 0.6) is 5.75 Å². The van der Waals surface area contributed by atoms with E-state index >= 15 is 0 Å². The highest BCUT2D eigenvalue weighted by atomic mass is 35.5. The van der Waals surface area contributed by atoms with E-state index in [9.17, 15) is 0 Å². The van der Waals surface area contributed by atoms with E-state index in [4.69, 9.17) is 4.74 Å². The Balaban J connectivity index is 0.00000113. The number of nitrogens with zero attached hydrogens (tertiary/aromatic N) is 1. The molecule has 1 saturated carbocycles. The molecule has 0 aromatic heterocycles. The van der Waals surface area contributed by atoms with Crippen LogP contribution in [0, 0.1) is 5.92 Å². The summed E-state index contributed by atoms with van der Waals surface area (Å²) in [6, 6.07) is 13.7. The summed E-state index contributed by atoms with van der Waals surface area (Å²) in [4.78, 5) is 2.68. The maximum atomic E-state index is 5.58. The molecule has 0 unspecified atom stereocenters. The number of ether oxygens (including phenoxy) is 1. The third kappa shape index (κ3) is 4.40. The number of hydrogen-bond donors (Lipinski definition) is 1. The van der Waals surface area contributed by atoms with Gasteiger partial charge >= 0.3 is 0 Å². The van der Waals surface area contributed by atoms with Gasteiger partial charge in [0.25, 0.3) is 0 Å². The highest BCUT2D eigenvalue weighted by Gasteiger charge is 2.31. The molecule has 1 saturated heterocycles. The van der Waals surface area contributed by atoms with Gasteiger partial charge in [-0.25, -0.2) is 0 Å². The van der Waals surface area contributed by atoms with E-state index in [-0.39, 0.29) is 24.8 Å². The molecule has 5 heteroatoms. The standard InChI is InChI=1S/C20H26N2O.2ClH/c1-23-20-9-8-17(16-4-2-3-5-18(16)20)19(14-15-6-7-15)22-12-10-21-11-13-22;;/h2-5,8-9,15,19,21H,6-7,10-14H2,1H3;2*1H/t19-;;/m1../s1. The summed E-state index contributed by atoms with van der Waals surface area (Å²) in [6.07, 6.45) is 4.13. The fourth-order valence-electron chi connectivity index (χ4n) is 3.90. The number of benzene rings is 2. The van der Waals surface area contributed by atoms with Gasteiger partial charge in [-0.15, -0.1) is 24.8 Å². The molecule has 4 rings (SSSR count). The van der Waals surface area contributed by atoms with Crippen molar-refractivity contribution in [1.29, 1.82) is 0 Å². The monoisotopic (exact) mass is 382 g/mol. The Morgan fingerprint density at radius 3 is 2.36 bits per heavy atom. The molecule has 0 bridgehead atoms. The van der Waals surface area contributed by atoms with Crippen molar-refractivity contribution in [2.75, 3.05) is 33.3 Å². The highest BCUT2D eigenvalue weighted by Crippen LogP contribution is 2.42. The van der Waals surface area contributed by atoms with Crippen molar-refractivity contribution >= 4 is 35.6 Å². The van der Waals surface area contributed by atoms with Gasteiger partial charge in [0, 0.05) is 37.6 Å². The van der Waals surface area contributed by atoms with Gasteiger partial charge in [0.2, 0.25) is 0 Å². The summed E-state index contributed by atoms with van der Waals surface area (Å²) in [5.74, 6) is 1.91. The summed E-state index contributed by atoms with van der Waals surface area (Å²) >= 11 is 0. The van der Waals surface area contributed by atoms with Crippen LogP contribution in [0.2, 0.25) is 0 Å². The number of hydrogen-bond acceptors (Lipinski definition) is 3. The third-order valence-corrected chi connectivity index (χ3v) is 5.34. The Kier molecular flexibility index (Phi) is 7.38. The maximum absolute atomic E-state index is 5.58. The molecule has 2 aliphatic rings. The Hall–Kier alpha value is -1.000. The van der Waals surface area contributed by atoms with E-state index in [0.717, 1.165) is 37.8 Å². The van der Waals surface area contributed by atoms with Crippen molar-refractivity contribution in [2.24, 2.45) is 5.92 Å². The number of halogens is 2. The molecule has 0 amide bonds. The van der Waals surface area contributed by atoms with E-state index in [1.165, 1.54) is 35.6 Å². The number of fused-ring (bicyclic) bond motifs is 1. The molecule has 138 valence electrons. The smallest absolute Gasteiger partial charge is 0.126 e. The highest BCUT2D eigenvalue weighted by molar-refractivity contribution is 5.91. The first-order valence-corrected chi connectivity index (χ1v) is 8.87. The predicted octanol–water partition coefficient (Wildman–Crippen LogP) is 4.44. The minimum absolute atomic E-state index is 0. The quantitative estimate of drug-likeness (QED) is 0.826. The van der Waals surface area contributed by atoms with Crippen molar-refractivity contribution < 1.29 is 4.74 Å². The lowest BCUT2D eigenvalue weighted by molar-refractivity contribution is 0.161. The first-order chi connectivity index (χ1) is 11.4. The topological polar surface area (TPSA) is 24.5 Å². The molecular weight excluding hydrogens is 355 g/mol. The van der Waals surface area contributed by atoms with Crippen LogP contribution in [-0.4, -0.2) is 38.2 Å². The molecule has 1 heterocycles. The number of methoxy groups -OCH3 is 1. The minimum Gasteiger partial charge on any atom is -0.496 e. The molecular formula is C20H28Cl2N2O. The second-order valence-corrected chi connectivity index (χ2v) is 6.88. The molecule has 1 aliphatic heterocycles. The summed E-state index contributed by atoms with van der Waals surface area (Å²) in [5.41, 5.74) is 1.48.